The lowest BCUT2D eigenvalue weighted by Crippen LogP contribution is -2.43. The number of H-pyrrole nitrogens is 1. The molecule has 1 atom stereocenters. The molecule has 176 valence electrons. The Morgan fingerprint density at radius 3 is 2.55 bits per heavy atom. The molecule has 0 spiro atoms. The summed E-state index contributed by atoms with van der Waals surface area (Å²) in [5, 5.41) is 3.09. The van der Waals surface area contributed by atoms with E-state index in [0.717, 1.165) is 29.1 Å². The minimum absolute atomic E-state index is 0.0440. The molecule has 10 heteroatoms. The lowest BCUT2D eigenvalue weighted by Gasteiger charge is -2.33. The Morgan fingerprint density at radius 1 is 1.24 bits per heavy atom. The van der Waals surface area contributed by atoms with Gasteiger partial charge in [-0.1, -0.05) is 37.6 Å². The number of imidazole rings is 1. The predicted molar refractivity (Wildman–Crippen MR) is 121 cm³/mol. The van der Waals surface area contributed by atoms with E-state index in [-0.39, 0.29) is 28.8 Å². The van der Waals surface area contributed by atoms with Crippen molar-refractivity contribution in [1.29, 1.82) is 0 Å². The molecule has 1 amide bonds. The van der Waals surface area contributed by atoms with Gasteiger partial charge >= 0.3 is 6.18 Å². The van der Waals surface area contributed by atoms with E-state index >= 15 is 0 Å². The maximum absolute atomic E-state index is 13.0. The molecule has 1 fully saturated rings. The first-order valence-corrected chi connectivity index (χ1v) is 11.2. The summed E-state index contributed by atoms with van der Waals surface area (Å²) >= 11 is 6.08. The number of rotatable bonds is 5. The first-order chi connectivity index (χ1) is 15.6. The van der Waals surface area contributed by atoms with Crippen LogP contribution in [0.2, 0.25) is 5.02 Å². The van der Waals surface area contributed by atoms with E-state index in [2.05, 4.69) is 20.3 Å². The fourth-order valence-corrected chi connectivity index (χ4v) is 4.40. The molecule has 1 aromatic carbocycles. The van der Waals surface area contributed by atoms with Crippen LogP contribution in [0.25, 0.3) is 11.0 Å². The van der Waals surface area contributed by atoms with Crippen LogP contribution >= 0.6 is 11.6 Å². The molecule has 2 aromatic heterocycles. The number of benzene rings is 1. The van der Waals surface area contributed by atoms with Crippen LogP contribution < -0.4 is 10.2 Å². The van der Waals surface area contributed by atoms with Gasteiger partial charge in [0.1, 0.15) is 11.6 Å². The zero-order valence-electron chi connectivity index (χ0n) is 18.3. The second-order valence-electron chi connectivity index (χ2n) is 8.66. The highest BCUT2D eigenvalue weighted by Gasteiger charge is 2.33. The van der Waals surface area contributed by atoms with Gasteiger partial charge in [0.05, 0.1) is 27.7 Å². The normalized spacial score (nSPS) is 16.4. The van der Waals surface area contributed by atoms with E-state index in [1.165, 1.54) is 0 Å². The zero-order valence-corrected chi connectivity index (χ0v) is 19.0. The maximum Gasteiger partial charge on any atom is 0.417 e. The fourth-order valence-electron chi connectivity index (χ4n) is 4.11. The van der Waals surface area contributed by atoms with Gasteiger partial charge in [0, 0.05) is 25.2 Å². The number of para-hydroxylation sites is 2. The summed E-state index contributed by atoms with van der Waals surface area (Å²) in [4.78, 5) is 26.7. The monoisotopic (exact) mass is 479 g/mol. The van der Waals surface area contributed by atoms with Gasteiger partial charge in [-0.2, -0.15) is 13.2 Å². The van der Waals surface area contributed by atoms with E-state index in [1.54, 1.807) is 0 Å². The second-order valence-corrected chi connectivity index (χ2v) is 9.07. The number of amides is 1. The van der Waals surface area contributed by atoms with Crippen molar-refractivity contribution in [3.05, 3.63) is 52.9 Å². The number of piperidine rings is 1. The molecule has 6 nitrogen and oxygen atoms in total. The Kier molecular flexibility index (Phi) is 6.52. The minimum atomic E-state index is -4.49. The summed E-state index contributed by atoms with van der Waals surface area (Å²) < 4.78 is 38.6. The third-order valence-electron chi connectivity index (χ3n) is 5.98. The van der Waals surface area contributed by atoms with Gasteiger partial charge in [0.25, 0.3) is 0 Å². The Bertz CT molecular complexity index is 1110. The number of fused-ring (bicyclic) bond motifs is 1. The number of carbonyl (C=O) groups is 1. The third-order valence-corrected chi connectivity index (χ3v) is 6.26. The maximum atomic E-state index is 13.0. The molecule has 0 radical (unpaired) electrons. The average molecular weight is 480 g/mol. The molecule has 1 aliphatic rings. The molecule has 0 bridgehead atoms. The number of pyridine rings is 1. The van der Waals surface area contributed by atoms with E-state index in [9.17, 15) is 18.0 Å². The van der Waals surface area contributed by atoms with Gasteiger partial charge in [-0.15, -0.1) is 0 Å². The van der Waals surface area contributed by atoms with Gasteiger partial charge in [-0.05, 0) is 37.0 Å². The predicted octanol–water partition coefficient (Wildman–Crippen LogP) is 5.36. The van der Waals surface area contributed by atoms with Gasteiger partial charge in [0.2, 0.25) is 5.91 Å². The Labute approximate surface area is 194 Å². The van der Waals surface area contributed by atoms with Crippen molar-refractivity contribution in [3.63, 3.8) is 0 Å². The quantitative estimate of drug-likeness (QED) is 0.516. The topological polar surface area (TPSA) is 73.9 Å². The summed E-state index contributed by atoms with van der Waals surface area (Å²) in [6.45, 7) is 5.01. The number of hydrogen-bond acceptors (Lipinski definition) is 4. The second kappa shape index (κ2) is 9.21. The Morgan fingerprint density at radius 2 is 1.94 bits per heavy atom. The minimum Gasteiger partial charge on any atom is -0.355 e. The standard InChI is InChI=1S/C23H25ClF3N5O/c1-13(2)19(20-29-17-5-3-4-6-18(17)30-20)31-22(33)14-7-9-32(10-8-14)21-16(24)11-15(12-28-21)23(25,26)27/h3-6,11-14,19H,7-10H2,1-2H3,(H,29,30)(H,31,33)/t19-/m0/s1. The first kappa shape index (κ1) is 23.4. The van der Waals surface area contributed by atoms with Crippen LogP contribution in [0.3, 0.4) is 0 Å². The molecule has 0 saturated carbocycles. The van der Waals surface area contributed by atoms with Crippen LogP contribution in [0.1, 0.15) is 44.1 Å². The van der Waals surface area contributed by atoms with Crippen LogP contribution in [-0.4, -0.2) is 33.9 Å². The number of aromatic amines is 1. The molecule has 1 saturated heterocycles. The van der Waals surface area contributed by atoms with Crippen molar-refractivity contribution < 1.29 is 18.0 Å². The van der Waals surface area contributed by atoms with E-state index in [1.807, 2.05) is 43.0 Å². The number of carbonyl (C=O) groups excluding carboxylic acids is 1. The van der Waals surface area contributed by atoms with E-state index in [0.29, 0.717) is 31.7 Å². The third kappa shape index (κ3) is 5.08. The highest BCUT2D eigenvalue weighted by atomic mass is 35.5. The van der Waals surface area contributed by atoms with Crippen LogP contribution in [-0.2, 0) is 11.0 Å². The van der Waals surface area contributed by atoms with Crippen molar-refractivity contribution in [2.24, 2.45) is 11.8 Å². The van der Waals surface area contributed by atoms with Gasteiger partial charge in [-0.25, -0.2) is 9.97 Å². The molecule has 1 aliphatic heterocycles. The van der Waals surface area contributed by atoms with Gasteiger partial charge in [0.15, 0.2) is 0 Å². The van der Waals surface area contributed by atoms with E-state index < -0.39 is 11.7 Å². The smallest absolute Gasteiger partial charge is 0.355 e. The number of alkyl halides is 3. The molecule has 0 aliphatic carbocycles. The summed E-state index contributed by atoms with van der Waals surface area (Å²) in [6, 6.07) is 8.35. The van der Waals surface area contributed by atoms with Crippen LogP contribution in [0, 0.1) is 11.8 Å². The molecule has 3 aromatic rings. The van der Waals surface area contributed by atoms with Crippen molar-refractivity contribution in [2.75, 3.05) is 18.0 Å². The number of nitrogens with one attached hydrogen (secondary N) is 2. The molecule has 4 rings (SSSR count). The number of hydrogen-bond donors (Lipinski definition) is 2. The number of aromatic nitrogens is 3. The molecule has 2 N–H and O–H groups in total. The first-order valence-electron chi connectivity index (χ1n) is 10.9. The summed E-state index contributed by atoms with van der Waals surface area (Å²) in [6.07, 6.45) is -2.60. The molecule has 33 heavy (non-hydrogen) atoms. The van der Waals surface area contributed by atoms with Gasteiger partial charge < -0.3 is 15.2 Å². The van der Waals surface area contributed by atoms with Gasteiger partial charge in [-0.3, -0.25) is 4.79 Å². The van der Waals surface area contributed by atoms with E-state index in [4.69, 9.17) is 11.6 Å². The number of halogens is 4. The zero-order chi connectivity index (χ0) is 23.8. The largest absolute Gasteiger partial charge is 0.417 e. The molecule has 3 heterocycles. The fraction of sp³-hybridized carbons (Fsp3) is 0.435. The van der Waals surface area contributed by atoms with Crippen LogP contribution in [0.4, 0.5) is 19.0 Å². The van der Waals surface area contributed by atoms with Crippen LogP contribution in [0.5, 0.6) is 0 Å². The molecule has 0 unspecified atom stereocenters. The highest BCUT2D eigenvalue weighted by Crippen LogP contribution is 2.35. The number of nitrogens with zero attached hydrogens (tertiary/aromatic N) is 3. The lowest BCUT2D eigenvalue weighted by atomic mass is 9.94. The van der Waals surface area contributed by atoms with Crippen LogP contribution in [0.15, 0.2) is 36.5 Å². The van der Waals surface area contributed by atoms with Crippen molar-refractivity contribution in [1.82, 2.24) is 20.3 Å². The molecular formula is C23H25ClF3N5O. The van der Waals surface area contributed by atoms with Crippen molar-refractivity contribution in [2.45, 2.75) is 38.9 Å². The lowest BCUT2D eigenvalue weighted by molar-refractivity contribution is -0.137. The summed E-state index contributed by atoms with van der Waals surface area (Å²) in [7, 11) is 0. The number of anilines is 1. The average Bonchev–Trinajstić information content (AvgIpc) is 3.20. The highest BCUT2D eigenvalue weighted by molar-refractivity contribution is 6.33. The Balaban J connectivity index is 1.40. The van der Waals surface area contributed by atoms with Crippen molar-refractivity contribution >= 4 is 34.4 Å². The van der Waals surface area contributed by atoms with Crippen molar-refractivity contribution in [3.8, 4) is 0 Å². The summed E-state index contributed by atoms with van der Waals surface area (Å²) in [5.41, 5.74) is 0.888. The summed E-state index contributed by atoms with van der Waals surface area (Å²) in [5.74, 6) is 0.897. The Hall–Kier alpha value is -2.81. The SMILES string of the molecule is CC(C)[C@H](NC(=O)C1CCN(c2ncc(C(F)(F)F)cc2Cl)CC1)c1nc2ccccc2[nH]1. The molecular weight excluding hydrogens is 455 g/mol.